The zero-order chi connectivity index (χ0) is 17.4. The van der Waals surface area contributed by atoms with Gasteiger partial charge >= 0.3 is 0 Å². The summed E-state index contributed by atoms with van der Waals surface area (Å²) in [5, 5.41) is 6.92. The second-order valence-corrected chi connectivity index (χ2v) is 5.54. The molecule has 0 unspecified atom stereocenters. The van der Waals surface area contributed by atoms with E-state index in [-0.39, 0.29) is 6.04 Å². The van der Waals surface area contributed by atoms with E-state index in [1.165, 1.54) is 0 Å². The molecule has 0 radical (unpaired) electrons. The Labute approximate surface area is 148 Å². The van der Waals surface area contributed by atoms with Crippen molar-refractivity contribution in [3.05, 3.63) is 48.3 Å². The summed E-state index contributed by atoms with van der Waals surface area (Å²) < 4.78 is 11.3. The molecule has 0 fully saturated rings. The van der Waals surface area contributed by atoms with Crippen molar-refractivity contribution in [2.45, 2.75) is 26.8 Å². The molecule has 1 aromatic heterocycles. The van der Waals surface area contributed by atoms with Gasteiger partial charge in [0.05, 0.1) is 31.1 Å². The van der Waals surface area contributed by atoms with Gasteiger partial charge in [-0.25, -0.2) is 0 Å². The predicted molar refractivity (Wildman–Crippen MR) is 101 cm³/mol. The second-order valence-electron chi connectivity index (χ2n) is 5.13. The van der Waals surface area contributed by atoms with E-state index < -0.39 is 0 Å². The van der Waals surface area contributed by atoms with E-state index in [4.69, 9.17) is 21.7 Å². The second kappa shape index (κ2) is 9.08. The van der Waals surface area contributed by atoms with Crippen LogP contribution in [0.3, 0.4) is 0 Å². The fourth-order valence-corrected chi connectivity index (χ4v) is 2.52. The molecule has 0 saturated heterocycles. The van der Waals surface area contributed by atoms with Gasteiger partial charge in [-0.2, -0.15) is 0 Å². The number of anilines is 1. The molecule has 0 aliphatic carbocycles. The van der Waals surface area contributed by atoms with E-state index in [1.54, 1.807) is 12.4 Å². The highest BCUT2D eigenvalue weighted by atomic mass is 32.1. The monoisotopic (exact) mass is 345 g/mol. The highest BCUT2D eigenvalue weighted by Crippen LogP contribution is 2.30. The number of aromatic nitrogens is 1. The van der Waals surface area contributed by atoms with E-state index in [2.05, 4.69) is 15.6 Å². The number of nitrogens with zero attached hydrogens (tertiary/aromatic N) is 1. The molecule has 0 spiro atoms. The zero-order valence-electron chi connectivity index (χ0n) is 14.2. The number of nitrogens with one attached hydrogen (secondary N) is 2. The van der Waals surface area contributed by atoms with Crippen LogP contribution >= 0.6 is 12.2 Å². The Morgan fingerprint density at radius 3 is 2.58 bits per heavy atom. The number of benzene rings is 1. The molecule has 1 aromatic carbocycles. The van der Waals surface area contributed by atoms with Crippen LogP contribution in [0.25, 0.3) is 0 Å². The Kier molecular flexibility index (Phi) is 6.81. The summed E-state index contributed by atoms with van der Waals surface area (Å²) in [5.41, 5.74) is 1.92. The first-order valence-corrected chi connectivity index (χ1v) is 8.42. The molecule has 0 bridgehead atoms. The lowest BCUT2D eigenvalue weighted by Gasteiger charge is -2.19. The summed E-state index contributed by atoms with van der Waals surface area (Å²) in [5.74, 6) is 1.50. The Balaban J connectivity index is 2.04. The average molecular weight is 345 g/mol. The van der Waals surface area contributed by atoms with E-state index >= 15 is 0 Å². The van der Waals surface area contributed by atoms with Crippen molar-refractivity contribution in [3.8, 4) is 11.5 Å². The molecule has 1 atom stereocenters. The Bertz CT molecular complexity index is 665. The van der Waals surface area contributed by atoms with Crippen LogP contribution in [0.2, 0.25) is 0 Å². The van der Waals surface area contributed by atoms with Gasteiger partial charge in [0.2, 0.25) is 0 Å². The van der Waals surface area contributed by atoms with Crippen LogP contribution in [0.15, 0.2) is 42.7 Å². The van der Waals surface area contributed by atoms with Crippen LogP contribution in [0.1, 0.15) is 32.4 Å². The summed E-state index contributed by atoms with van der Waals surface area (Å²) in [4.78, 5) is 4.05. The molecule has 0 aliphatic rings. The van der Waals surface area contributed by atoms with E-state index in [0.717, 1.165) is 22.7 Å². The topological polar surface area (TPSA) is 55.4 Å². The lowest BCUT2D eigenvalue weighted by Crippen LogP contribution is -2.30. The maximum atomic E-state index is 5.67. The minimum atomic E-state index is 0.0246. The van der Waals surface area contributed by atoms with E-state index in [0.29, 0.717) is 18.3 Å². The summed E-state index contributed by atoms with van der Waals surface area (Å²) in [6.45, 7) is 7.15. The number of hydrogen-bond acceptors (Lipinski definition) is 4. The van der Waals surface area contributed by atoms with Gasteiger partial charge in [-0.05, 0) is 62.8 Å². The average Bonchev–Trinajstić information content (AvgIpc) is 2.57. The maximum absolute atomic E-state index is 5.67. The van der Waals surface area contributed by atoms with Gasteiger partial charge in [0.25, 0.3) is 0 Å². The normalized spacial score (nSPS) is 11.5. The minimum absolute atomic E-state index is 0.0246. The Hall–Kier alpha value is -2.34. The van der Waals surface area contributed by atoms with Crippen molar-refractivity contribution in [1.29, 1.82) is 0 Å². The first-order valence-electron chi connectivity index (χ1n) is 8.01. The van der Waals surface area contributed by atoms with Gasteiger partial charge in [0.1, 0.15) is 0 Å². The molecule has 0 amide bonds. The minimum Gasteiger partial charge on any atom is -0.490 e. The summed E-state index contributed by atoms with van der Waals surface area (Å²) >= 11 is 5.36. The number of pyridine rings is 1. The van der Waals surface area contributed by atoms with E-state index in [9.17, 15) is 0 Å². The standard InChI is InChI=1S/C18H23N3O2S/c1-4-22-16-9-8-14(11-17(16)23-5-2)13(3)20-18(24)21-15-7-6-10-19-12-15/h6-13H,4-5H2,1-3H3,(H2,20,21,24)/t13-/m0/s1. The summed E-state index contributed by atoms with van der Waals surface area (Å²) in [6.07, 6.45) is 3.45. The maximum Gasteiger partial charge on any atom is 0.171 e. The predicted octanol–water partition coefficient (Wildman–Crippen LogP) is 3.93. The molecule has 1 heterocycles. The van der Waals surface area contributed by atoms with Gasteiger partial charge in [0, 0.05) is 6.20 Å². The van der Waals surface area contributed by atoms with Crippen molar-refractivity contribution in [2.24, 2.45) is 0 Å². The van der Waals surface area contributed by atoms with Gasteiger partial charge in [-0.15, -0.1) is 0 Å². The third kappa shape index (κ3) is 5.09. The lowest BCUT2D eigenvalue weighted by atomic mass is 10.1. The first-order chi connectivity index (χ1) is 11.6. The number of thiocarbonyl (C=S) groups is 1. The largest absolute Gasteiger partial charge is 0.490 e. The van der Waals surface area contributed by atoms with Gasteiger partial charge in [0.15, 0.2) is 16.6 Å². The summed E-state index contributed by atoms with van der Waals surface area (Å²) in [7, 11) is 0. The molecule has 2 rings (SSSR count). The molecule has 0 saturated carbocycles. The summed E-state index contributed by atoms with van der Waals surface area (Å²) in [6, 6.07) is 9.72. The smallest absolute Gasteiger partial charge is 0.171 e. The van der Waals surface area contributed by atoms with E-state index in [1.807, 2.05) is 51.1 Å². The molecule has 5 nitrogen and oxygen atoms in total. The van der Waals surface area contributed by atoms with Gasteiger partial charge in [-0.1, -0.05) is 6.07 Å². The fourth-order valence-electron chi connectivity index (χ4n) is 2.22. The Morgan fingerprint density at radius 2 is 1.92 bits per heavy atom. The van der Waals surface area contributed by atoms with Crippen LogP contribution in [-0.2, 0) is 0 Å². The van der Waals surface area contributed by atoms with Gasteiger partial charge in [-0.3, -0.25) is 4.98 Å². The quantitative estimate of drug-likeness (QED) is 0.742. The number of hydrogen-bond donors (Lipinski definition) is 2. The van der Waals surface area contributed by atoms with Crippen LogP contribution in [0.5, 0.6) is 11.5 Å². The Morgan fingerprint density at radius 1 is 1.17 bits per heavy atom. The van der Waals surface area contributed by atoms with Crippen LogP contribution < -0.4 is 20.1 Å². The van der Waals surface area contributed by atoms with Crippen molar-refractivity contribution in [2.75, 3.05) is 18.5 Å². The third-order valence-corrected chi connectivity index (χ3v) is 3.55. The molecule has 2 aromatic rings. The SMILES string of the molecule is CCOc1ccc([C@H](C)NC(=S)Nc2cccnc2)cc1OCC. The highest BCUT2D eigenvalue weighted by Gasteiger charge is 2.12. The third-order valence-electron chi connectivity index (χ3n) is 3.33. The van der Waals surface area contributed by atoms with Crippen LogP contribution in [0.4, 0.5) is 5.69 Å². The number of ether oxygens (including phenoxy) is 2. The van der Waals surface area contributed by atoms with Crippen molar-refractivity contribution in [1.82, 2.24) is 10.3 Å². The molecule has 128 valence electrons. The van der Waals surface area contributed by atoms with Crippen molar-refractivity contribution < 1.29 is 9.47 Å². The zero-order valence-corrected chi connectivity index (χ0v) is 15.0. The molecular formula is C18H23N3O2S. The molecule has 24 heavy (non-hydrogen) atoms. The molecule has 0 aliphatic heterocycles. The van der Waals surface area contributed by atoms with Gasteiger partial charge < -0.3 is 20.1 Å². The highest BCUT2D eigenvalue weighted by molar-refractivity contribution is 7.80. The molecular weight excluding hydrogens is 322 g/mol. The first kappa shape index (κ1) is 18.0. The van der Waals surface area contributed by atoms with Crippen LogP contribution in [-0.4, -0.2) is 23.3 Å². The van der Waals surface area contributed by atoms with Crippen LogP contribution in [0, 0.1) is 0 Å². The van der Waals surface area contributed by atoms with Crippen molar-refractivity contribution >= 4 is 23.0 Å². The fraction of sp³-hybridized carbons (Fsp3) is 0.333. The molecule has 6 heteroatoms. The van der Waals surface area contributed by atoms with Crippen molar-refractivity contribution in [3.63, 3.8) is 0 Å². The number of rotatable bonds is 7. The molecule has 2 N–H and O–H groups in total. The lowest BCUT2D eigenvalue weighted by molar-refractivity contribution is 0.287.